The first-order chi connectivity index (χ1) is 9.33. The van der Waals surface area contributed by atoms with E-state index in [1.165, 1.54) is 25.7 Å². The summed E-state index contributed by atoms with van der Waals surface area (Å²) in [5, 5.41) is 0. The largest absolute Gasteiger partial charge is 0.488 e. The highest BCUT2D eigenvalue weighted by atomic mass is 16.5. The number of anilines is 1. The van der Waals surface area contributed by atoms with Crippen LogP contribution in [0.3, 0.4) is 0 Å². The van der Waals surface area contributed by atoms with Crippen LogP contribution in [-0.4, -0.2) is 17.2 Å². The van der Waals surface area contributed by atoms with E-state index in [1.54, 1.807) is 6.20 Å². The summed E-state index contributed by atoms with van der Waals surface area (Å²) in [4.78, 5) is 4.25. The summed E-state index contributed by atoms with van der Waals surface area (Å²) in [6.07, 6.45) is 11.8. The van der Waals surface area contributed by atoms with Gasteiger partial charge in [-0.3, -0.25) is 0 Å². The molecular weight excluding hydrogens is 240 g/mol. The molecule has 2 aliphatic rings. The highest BCUT2D eigenvalue weighted by Crippen LogP contribution is 2.34. The fourth-order valence-electron chi connectivity index (χ4n) is 2.98. The second kappa shape index (κ2) is 5.68. The third-order valence-corrected chi connectivity index (χ3v) is 4.09. The first kappa shape index (κ1) is 12.6. The molecule has 4 nitrogen and oxygen atoms in total. The molecule has 2 N–H and O–H groups in total. The molecule has 0 aliphatic heterocycles. The quantitative estimate of drug-likeness (QED) is 0.904. The molecule has 4 heteroatoms. The van der Waals surface area contributed by atoms with E-state index in [-0.39, 0.29) is 6.10 Å². The van der Waals surface area contributed by atoms with Gasteiger partial charge >= 0.3 is 0 Å². The van der Waals surface area contributed by atoms with E-state index in [0.717, 1.165) is 31.4 Å². The van der Waals surface area contributed by atoms with Gasteiger partial charge < -0.3 is 15.2 Å². The van der Waals surface area contributed by atoms with Crippen molar-refractivity contribution in [1.29, 1.82) is 0 Å². The highest BCUT2D eigenvalue weighted by Gasteiger charge is 2.21. The zero-order valence-corrected chi connectivity index (χ0v) is 11.3. The number of nitrogens with two attached hydrogens (primary N) is 1. The van der Waals surface area contributed by atoms with Crippen LogP contribution in [0.5, 0.6) is 11.6 Å². The van der Waals surface area contributed by atoms with Gasteiger partial charge in [-0.2, -0.15) is 0 Å². The molecule has 0 saturated heterocycles. The lowest BCUT2D eigenvalue weighted by molar-refractivity contribution is 0.194. The second-order valence-corrected chi connectivity index (χ2v) is 5.58. The van der Waals surface area contributed by atoms with Crippen LogP contribution in [-0.2, 0) is 0 Å². The van der Waals surface area contributed by atoms with Crippen LogP contribution >= 0.6 is 0 Å². The molecule has 1 aromatic rings. The maximum absolute atomic E-state index is 6.13. The molecule has 2 aliphatic carbocycles. The number of rotatable bonds is 4. The maximum atomic E-state index is 6.13. The third-order valence-electron chi connectivity index (χ3n) is 4.09. The number of aromatic nitrogens is 1. The van der Waals surface area contributed by atoms with Crippen molar-refractivity contribution in [3.8, 4) is 11.6 Å². The minimum Gasteiger partial charge on any atom is -0.488 e. The van der Waals surface area contributed by atoms with Crippen LogP contribution in [0, 0.1) is 0 Å². The Morgan fingerprint density at radius 3 is 2.16 bits per heavy atom. The van der Waals surface area contributed by atoms with Gasteiger partial charge in [0.15, 0.2) is 0 Å². The van der Waals surface area contributed by atoms with Crippen LogP contribution < -0.4 is 15.2 Å². The average Bonchev–Trinajstić information content (AvgIpc) is 3.07. The van der Waals surface area contributed by atoms with Gasteiger partial charge in [0.25, 0.3) is 0 Å². The topological polar surface area (TPSA) is 57.4 Å². The Morgan fingerprint density at radius 1 is 0.947 bits per heavy atom. The van der Waals surface area contributed by atoms with Gasteiger partial charge in [0.05, 0.1) is 6.10 Å². The summed E-state index contributed by atoms with van der Waals surface area (Å²) in [6, 6.07) is 1.84. The minimum atomic E-state index is 0.275. The Labute approximate surface area is 114 Å². The number of ether oxygens (including phenoxy) is 2. The van der Waals surface area contributed by atoms with Gasteiger partial charge in [-0.1, -0.05) is 0 Å². The molecule has 1 aromatic heterocycles. The Hall–Kier alpha value is -1.45. The zero-order valence-electron chi connectivity index (χ0n) is 11.3. The summed E-state index contributed by atoms with van der Waals surface area (Å²) in [5.41, 5.74) is 6.68. The molecule has 104 valence electrons. The van der Waals surface area contributed by atoms with E-state index in [4.69, 9.17) is 15.2 Å². The van der Waals surface area contributed by atoms with Crippen LogP contribution in [0.25, 0.3) is 0 Å². The number of nitrogen functional groups attached to an aromatic ring is 1. The lowest BCUT2D eigenvalue weighted by atomic mass is 10.3. The van der Waals surface area contributed by atoms with Crippen molar-refractivity contribution in [1.82, 2.24) is 4.98 Å². The van der Waals surface area contributed by atoms with Gasteiger partial charge in [0.2, 0.25) is 5.88 Å². The van der Waals surface area contributed by atoms with Crippen molar-refractivity contribution >= 4 is 5.69 Å². The molecule has 0 atom stereocenters. The Kier molecular flexibility index (Phi) is 3.76. The van der Waals surface area contributed by atoms with Crippen molar-refractivity contribution in [2.45, 2.75) is 63.6 Å². The van der Waals surface area contributed by atoms with Crippen LogP contribution in [0.2, 0.25) is 0 Å². The number of hydrogen-bond acceptors (Lipinski definition) is 4. The lowest BCUT2D eigenvalue weighted by Crippen LogP contribution is -2.15. The normalized spacial score (nSPS) is 20.8. The first-order valence-corrected chi connectivity index (χ1v) is 7.41. The Bertz CT molecular complexity index is 388. The number of hydrogen-bond donors (Lipinski definition) is 1. The van der Waals surface area contributed by atoms with Crippen molar-refractivity contribution in [3.63, 3.8) is 0 Å². The summed E-state index contributed by atoms with van der Waals surface area (Å²) in [5.74, 6) is 1.28. The molecule has 0 aromatic carbocycles. The van der Waals surface area contributed by atoms with Gasteiger partial charge in [0, 0.05) is 12.3 Å². The Morgan fingerprint density at radius 2 is 1.53 bits per heavy atom. The molecule has 3 rings (SSSR count). The Balaban J connectivity index is 1.69. The minimum absolute atomic E-state index is 0.275. The fourth-order valence-corrected chi connectivity index (χ4v) is 2.98. The van der Waals surface area contributed by atoms with Gasteiger partial charge in [-0.05, 0) is 51.4 Å². The monoisotopic (exact) mass is 262 g/mol. The summed E-state index contributed by atoms with van der Waals surface area (Å²) >= 11 is 0. The van der Waals surface area contributed by atoms with E-state index in [0.29, 0.717) is 17.7 Å². The summed E-state index contributed by atoms with van der Waals surface area (Å²) in [6.45, 7) is 0. The van der Waals surface area contributed by atoms with Crippen LogP contribution in [0.1, 0.15) is 51.4 Å². The standard InChI is InChI=1S/C15H22N2O2/c16-14-13(18-11-5-1-2-6-11)9-10-17-15(14)19-12-7-3-4-8-12/h9-12H,1-8,16H2. The van der Waals surface area contributed by atoms with Crippen molar-refractivity contribution in [3.05, 3.63) is 12.3 Å². The molecule has 0 amide bonds. The molecule has 0 bridgehead atoms. The average molecular weight is 262 g/mol. The van der Waals surface area contributed by atoms with Gasteiger partial charge in [0.1, 0.15) is 17.5 Å². The highest BCUT2D eigenvalue weighted by molar-refractivity contribution is 5.59. The summed E-state index contributed by atoms with van der Waals surface area (Å²) in [7, 11) is 0. The van der Waals surface area contributed by atoms with Crippen LogP contribution in [0.15, 0.2) is 12.3 Å². The zero-order chi connectivity index (χ0) is 13.1. The molecule has 1 heterocycles. The molecule has 19 heavy (non-hydrogen) atoms. The smallest absolute Gasteiger partial charge is 0.241 e. The van der Waals surface area contributed by atoms with Crippen molar-refractivity contribution < 1.29 is 9.47 Å². The molecule has 2 fully saturated rings. The predicted octanol–water partition coefficient (Wildman–Crippen LogP) is 3.31. The SMILES string of the molecule is Nc1c(OC2CCCC2)ccnc1OC1CCCC1. The van der Waals surface area contributed by atoms with Crippen molar-refractivity contribution in [2.75, 3.05) is 5.73 Å². The second-order valence-electron chi connectivity index (χ2n) is 5.58. The van der Waals surface area contributed by atoms with E-state index in [2.05, 4.69) is 4.98 Å². The van der Waals surface area contributed by atoms with E-state index in [9.17, 15) is 0 Å². The molecule has 0 unspecified atom stereocenters. The summed E-state index contributed by atoms with van der Waals surface area (Å²) < 4.78 is 11.9. The maximum Gasteiger partial charge on any atom is 0.241 e. The number of pyridine rings is 1. The third kappa shape index (κ3) is 2.94. The molecule has 2 saturated carbocycles. The van der Waals surface area contributed by atoms with Gasteiger partial charge in [-0.15, -0.1) is 0 Å². The van der Waals surface area contributed by atoms with Gasteiger partial charge in [-0.25, -0.2) is 4.98 Å². The molecule has 0 spiro atoms. The number of nitrogens with zero attached hydrogens (tertiary/aromatic N) is 1. The lowest BCUT2D eigenvalue weighted by Gasteiger charge is -2.18. The first-order valence-electron chi connectivity index (χ1n) is 7.41. The van der Waals surface area contributed by atoms with E-state index >= 15 is 0 Å². The van der Waals surface area contributed by atoms with Crippen molar-refractivity contribution in [2.24, 2.45) is 0 Å². The van der Waals surface area contributed by atoms with Crippen LogP contribution in [0.4, 0.5) is 5.69 Å². The van der Waals surface area contributed by atoms with E-state index < -0.39 is 0 Å². The fraction of sp³-hybridized carbons (Fsp3) is 0.667. The molecule has 0 radical (unpaired) electrons. The predicted molar refractivity (Wildman–Crippen MR) is 74.4 cm³/mol. The van der Waals surface area contributed by atoms with E-state index in [1.807, 2.05) is 6.07 Å². The molecular formula is C15H22N2O2.